The summed E-state index contributed by atoms with van der Waals surface area (Å²) in [6.07, 6.45) is 2.25. The Morgan fingerprint density at radius 3 is 2.17 bits per heavy atom. The van der Waals surface area contributed by atoms with Crippen molar-refractivity contribution in [3.63, 3.8) is 0 Å². The first-order chi connectivity index (χ1) is 16.5. The van der Waals surface area contributed by atoms with E-state index in [2.05, 4.69) is 5.32 Å². The van der Waals surface area contributed by atoms with Crippen LogP contribution in [0, 0.1) is 5.92 Å². The van der Waals surface area contributed by atoms with Gasteiger partial charge in [-0.15, -0.1) is 0 Å². The standard InChI is InChI=1S/C26H36ClN3O4S/c1-6-20-12-14-22(15-13-20)30(35(5,33)34)18-25(31)29(17-21-10-8-9-11-23(21)27)24(7-2)26(32)28-16-19(3)4/h8-15,19,24H,6-7,16-18H2,1-5H3,(H,28,32)/t24-/m0/s1. The molecule has 1 N–H and O–H groups in total. The molecule has 2 aromatic carbocycles. The van der Waals surface area contributed by atoms with E-state index in [4.69, 9.17) is 11.6 Å². The Bertz CT molecular complexity index is 1100. The normalized spacial score (nSPS) is 12.3. The van der Waals surface area contributed by atoms with E-state index in [9.17, 15) is 18.0 Å². The Morgan fingerprint density at radius 2 is 1.66 bits per heavy atom. The van der Waals surface area contributed by atoms with Crippen molar-refractivity contribution in [2.24, 2.45) is 5.92 Å². The topological polar surface area (TPSA) is 86.8 Å². The van der Waals surface area contributed by atoms with Gasteiger partial charge in [-0.25, -0.2) is 8.42 Å². The number of hydrogen-bond acceptors (Lipinski definition) is 4. The number of carbonyl (C=O) groups is 2. The maximum atomic E-state index is 13.7. The number of hydrogen-bond donors (Lipinski definition) is 1. The predicted molar refractivity (Wildman–Crippen MR) is 142 cm³/mol. The van der Waals surface area contributed by atoms with Crippen LogP contribution in [0.15, 0.2) is 48.5 Å². The number of sulfonamides is 1. The van der Waals surface area contributed by atoms with Gasteiger partial charge in [0.15, 0.2) is 0 Å². The molecule has 0 bridgehead atoms. The Hall–Kier alpha value is -2.58. The highest BCUT2D eigenvalue weighted by Gasteiger charge is 2.32. The van der Waals surface area contributed by atoms with E-state index >= 15 is 0 Å². The van der Waals surface area contributed by atoms with E-state index in [1.165, 1.54) is 4.90 Å². The number of nitrogens with zero attached hydrogens (tertiary/aromatic N) is 2. The van der Waals surface area contributed by atoms with Crippen LogP contribution < -0.4 is 9.62 Å². The van der Waals surface area contributed by atoms with Crippen LogP contribution in [0.5, 0.6) is 0 Å². The van der Waals surface area contributed by atoms with E-state index in [1.807, 2.05) is 45.9 Å². The monoisotopic (exact) mass is 521 g/mol. The van der Waals surface area contributed by atoms with Gasteiger partial charge in [0.2, 0.25) is 21.8 Å². The third kappa shape index (κ3) is 8.25. The number of halogens is 1. The van der Waals surface area contributed by atoms with Crippen LogP contribution >= 0.6 is 11.6 Å². The molecule has 0 spiro atoms. The lowest BCUT2D eigenvalue weighted by Crippen LogP contribution is -2.52. The first-order valence-electron chi connectivity index (χ1n) is 11.8. The number of rotatable bonds is 12. The summed E-state index contributed by atoms with van der Waals surface area (Å²) < 4.78 is 26.4. The molecule has 2 aromatic rings. The molecule has 0 aliphatic carbocycles. The van der Waals surface area contributed by atoms with Crippen LogP contribution in [0.2, 0.25) is 5.02 Å². The molecule has 0 radical (unpaired) electrons. The zero-order valence-electron chi connectivity index (χ0n) is 21.1. The summed E-state index contributed by atoms with van der Waals surface area (Å²) in [6.45, 7) is 7.94. The number of nitrogens with one attached hydrogen (secondary N) is 1. The highest BCUT2D eigenvalue weighted by atomic mass is 35.5. The minimum atomic E-state index is -3.76. The summed E-state index contributed by atoms with van der Waals surface area (Å²) in [6, 6.07) is 13.4. The maximum absolute atomic E-state index is 13.7. The number of carbonyl (C=O) groups excluding carboxylic acids is 2. The Balaban J connectivity index is 2.42. The molecule has 35 heavy (non-hydrogen) atoms. The van der Waals surface area contributed by atoms with Crippen LogP contribution in [-0.4, -0.2) is 50.5 Å². The van der Waals surface area contributed by atoms with Crippen molar-refractivity contribution in [2.75, 3.05) is 23.7 Å². The zero-order chi connectivity index (χ0) is 26.2. The molecule has 0 aliphatic rings. The molecule has 0 fully saturated rings. The van der Waals surface area contributed by atoms with Crippen molar-refractivity contribution in [2.45, 2.75) is 53.1 Å². The van der Waals surface area contributed by atoms with Crippen LogP contribution in [0.3, 0.4) is 0 Å². The van der Waals surface area contributed by atoms with E-state index < -0.39 is 28.5 Å². The fraction of sp³-hybridized carbons (Fsp3) is 0.462. The minimum Gasteiger partial charge on any atom is -0.354 e. The summed E-state index contributed by atoms with van der Waals surface area (Å²) in [5.74, 6) is -0.516. The number of benzene rings is 2. The van der Waals surface area contributed by atoms with Crippen molar-refractivity contribution in [1.29, 1.82) is 0 Å². The molecule has 0 aromatic heterocycles. The molecular weight excluding hydrogens is 486 g/mol. The molecule has 0 aliphatic heterocycles. The van der Waals surface area contributed by atoms with Gasteiger partial charge in [0.05, 0.1) is 11.9 Å². The van der Waals surface area contributed by atoms with Crippen LogP contribution in [0.1, 0.15) is 45.2 Å². The van der Waals surface area contributed by atoms with Gasteiger partial charge >= 0.3 is 0 Å². The molecule has 9 heteroatoms. The fourth-order valence-corrected chi connectivity index (χ4v) is 4.71. The highest BCUT2D eigenvalue weighted by Crippen LogP contribution is 2.22. The summed E-state index contributed by atoms with van der Waals surface area (Å²) >= 11 is 6.36. The molecule has 2 rings (SSSR count). The molecule has 0 saturated carbocycles. The first kappa shape index (κ1) is 28.7. The van der Waals surface area contributed by atoms with Crippen molar-refractivity contribution < 1.29 is 18.0 Å². The average molecular weight is 522 g/mol. The largest absolute Gasteiger partial charge is 0.354 e. The summed E-state index contributed by atoms with van der Waals surface area (Å²) in [7, 11) is -3.76. The van der Waals surface area contributed by atoms with Gasteiger partial charge in [-0.05, 0) is 48.1 Å². The highest BCUT2D eigenvalue weighted by molar-refractivity contribution is 7.92. The van der Waals surface area contributed by atoms with E-state index in [0.29, 0.717) is 29.2 Å². The summed E-state index contributed by atoms with van der Waals surface area (Å²) in [4.78, 5) is 28.1. The predicted octanol–water partition coefficient (Wildman–Crippen LogP) is 4.25. The minimum absolute atomic E-state index is 0.0818. The van der Waals surface area contributed by atoms with Gasteiger partial charge in [0.1, 0.15) is 12.6 Å². The quantitative estimate of drug-likeness (QED) is 0.452. The first-order valence-corrected chi connectivity index (χ1v) is 14.1. The smallest absolute Gasteiger partial charge is 0.244 e. The molecule has 192 valence electrons. The Morgan fingerprint density at radius 1 is 1.03 bits per heavy atom. The Kier molecular flexibility index (Phi) is 10.6. The van der Waals surface area contributed by atoms with Crippen LogP contribution in [0.4, 0.5) is 5.69 Å². The molecule has 7 nitrogen and oxygen atoms in total. The van der Waals surface area contributed by atoms with Gasteiger partial charge in [0.25, 0.3) is 0 Å². The second-order valence-corrected chi connectivity index (χ2v) is 11.3. The van der Waals surface area contributed by atoms with E-state index in [0.717, 1.165) is 22.5 Å². The molecule has 0 heterocycles. The lowest BCUT2D eigenvalue weighted by molar-refractivity contribution is -0.140. The van der Waals surface area contributed by atoms with Crippen LogP contribution in [-0.2, 0) is 32.6 Å². The number of amides is 2. The maximum Gasteiger partial charge on any atom is 0.244 e. The average Bonchev–Trinajstić information content (AvgIpc) is 2.81. The second kappa shape index (κ2) is 12.9. The lowest BCUT2D eigenvalue weighted by Gasteiger charge is -2.33. The number of aryl methyl sites for hydroxylation is 1. The third-order valence-corrected chi connectivity index (χ3v) is 7.19. The van der Waals surface area contributed by atoms with Gasteiger partial charge in [-0.3, -0.25) is 13.9 Å². The summed E-state index contributed by atoms with van der Waals surface area (Å²) in [5, 5.41) is 3.37. The van der Waals surface area contributed by atoms with Crippen molar-refractivity contribution >= 4 is 39.1 Å². The van der Waals surface area contributed by atoms with E-state index in [1.54, 1.807) is 30.3 Å². The molecule has 0 saturated heterocycles. The summed E-state index contributed by atoms with van der Waals surface area (Å²) in [5.41, 5.74) is 2.13. The molecule has 1 atom stereocenters. The van der Waals surface area contributed by atoms with Crippen molar-refractivity contribution in [3.8, 4) is 0 Å². The van der Waals surface area contributed by atoms with Gasteiger partial charge in [-0.2, -0.15) is 0 Å². The zero-order valence-corrected chi connectivity index (χ0v) is 22.7. The lowest BCUT2D eigenvalue weighted by atomic mass is 10.1. The van der Waals surface area contributed by atoms with E-state index in [-0.39, 0.29) is 18.4 Å². The fourth-order valence-electron chi connectivity index (χ4n) is 3.66. The molecule has 0 unspecified atom stereocenters. The molecule has 2 amide bonds. The van der Waals surface area contributed by atoms with Gasteiger partial charge in [0, 0.05) is 18.1 Å². The molecular formula is C26H36ClN3O4S. The van der Waals surface area contributed by atoms with Gasteiger partial charge in [-0.1, -0.05) is 69.6 Å². The van der Waals surface area contributed by atoms with Gasteiger partial charge < -0.3 is 10.2 Å². The second-order valence-electron chi connectivity index (χ2n) is 8.97. The Labute approximate surface area is 214 Å². The number of anilines is 1. The van der Waals surface area contributed by atoms with Crippen LogP contribution in [0.25, 0.3) is 0 Å². The van der Waals surface area contributed by atoms with Crippen molar-refractivity contribution in [3.05, 3.63) is 64.7 Å². The SMILES string of the molecule is CCc1ccc(N(CC(=O)N(Cc2ccccc2Cl)[C@@H](CC)C(=O)NCC(C)C)S(C)(=O)=O)cc1. The third-order valence-electron chi connectivity index (χ3n) is 5.68. The van der Waals surface area contributed by atoms with Crippen molar-refractivity contribution in [1.82, 2.24) is 10.2 Å².